The van der Waals surface area contributed by atoms with E-state index in [4.69, 9.17) is 45.6 Å². The second kappa shape index (κ2) is 15.6. The Bertz CT molecular complexity index is 54.3. The number of hydrogen-bond donors (Lipinski definition) is 2. The average molecular weight is 198 g/mol. The summed E-state index contributed by atoms with van der Waals surface area (Å²) in [6, 6.07) is 1.25. The Balaban J connectivity index is -0.0000000575. The summed E-state index contributed by atoms with van der Waals surface area (Å²) in [6.45, 7) is 0. The topological polar surface area (TPSA) is 47.7 Å². The second-order valence-electron chi connectivity index (χ2n) is 0.372. The van der Waals surface area contributed by atoms with E-state index in [1.807, 2.05) is 0 Å². The highest BCUT2D eigenvalue weighted by Crippen LogP contribution is 2.03. The fourth-order valence-corrected chi connectivity index (χ4v) is 0. The van der Waals surface area contributed by atoms with E-state index in [1.54, 1.807) is 0 Å². The van der Waals surface area contributed by atoms with E-state index in [2.05, 4.69) is 0 Å². The van der Waals surface area contributed by atoms with Crippen molar-refractivity contribution in [2.45, 2.75) is 4.30 Å². The summed E-state index contributed by atoms with van der Waals surface area (Å²) in [5.41, 5.74) is 0. The third-order valence-electron chi connectivity index (χ3n) is 0. The molecule has 0 aliphatic rings. The first-order valence-corrected chi connectivity index (χ1v) is 2.46. The van der Waals surface area contributed by atoms with Gasteiger partial charge in [-0.3, -0.25) is 0 Å². The lowest BCUT2D eigenvalue weighted by atomic mass is 11.6. The second-order valence-corrected chi connectivity index (χ2v) is 2.35. The van der Waals surface area contributed by atoms with Crippen molar-refractivity contribution in [1.82, 2.24) is 0 Å². The molecule has 0 heterocycles. The van der Waals surface area contributed by atoms with Gasteiger partial charge in [0.05, 0.1) is 6.01 Å². The van der Waals surface area contributed by atoms with E-state index >= 15 is 0 Å². The molecular formula is C2H4Cl4N2. The number of rotatable bonds is 0. The summed E-state index contributed by atoms with van der Waals surface area (Å²) < 4.78 is -0.750. The van der Waals surface area contributed by atoms with Gasteiger partial charge in [0.1, 0.15) is 0 Å². The van der Waals surface area contributed by atoms with Crippen molar-refractivity contribution >= 4 is 53.2 Å². The van der Waals surface area contributed by atoms with Crippen LogP contribution < -0.4 is 0 Å². The lowest BCUT2D eigenvalue weighted by Crippen LogP contribution is -1.55. The lowest BCUT2D eigenvalue weighted by Gasteiger charge is -1.69. The maximum atomic E-state index is 5.62. The molecule has 0 atom stereocenters. The van der Waals surface area contributed by atoms with E-state index in [0.29, 0.717) is 0 Å². The van der Waals surface area contributed by atoms with E-state index in [9.17, 15) is 0 Å². The number of hydrogen-bond acceptors (Lipinski definition) is 2. The van der Waals surface area contributed by atoms with Crippen molar-refractivity contribution in [2.24, 2.45) is 0 Å². The van der Waals surface area contributed by atoms with E-state index in [1.165, 1.54) is 6.01 Å². The fraction of sp³-hybridized carbons (Fsp3) is 0.500. The van der Waals surface area contributed by atoms with Crippen LogP contribution in [0.1, 0.15) is 0 Å². The highest BCUT2D eigenvalue weighted by molar-refractivity contribution is 6.63. The summed E-state index contributed by atoms with van der Waals surface area (Å²) in [6.07, 6.45) is 0. The van der Waals surface area contributed by atoms with Crippen molar-refractivity contribution in [3.63, 3.8) is 0 Å². The van der Waals surface area contributed by atoms with Crippen LogP contribution in [0.2, 0.25) is 0 Å². The van der Waals surface area contributed by atoms with Crippen LogP contribution in [0.5, 0.6) is 0 Å². The Hall–Kier alpha value is 0.540. The molecular weight excluding hydrogens is 194 g/mol. The Labute approximate surface area is 68.5 Å². The van der Waals surface area contributed by atoms with Crippen molar-refractivity contribution in [3.8, 4) is 0 Å². The molecule has 0 saturated carbocycles. The molecule has 0 spiro atoms. The Morgan fingerprint density at radius 1 is 1.12 bits per heavy atom. The number of halogens is 4. The Morgan fingerprint density at radius 3 is 1.12 bits per heavy atom. The molecule has 2 nitrogen and oxygen atoms in total. The van der Waals surface area contributed by atoms with Gasteiger partial charge in [0.15, 0.2) is 4.30 Å². The van der Waals surface area contributed by atoms with E-state index < -0.39 is 4.30 Å². The van der Waals surface area contributed by atoms with Crippen LogP contribution in [-0.4, -0.2) is 10.3 Å². The molecule has 0 aromatic heterocycles. The minimum atomic E-state index is -0.750. The molecule has 6 heteroatoms. The normalized spacial score (nSPS) is 5.50. The molecule has 0 rings (SSSR count). The molecule has 0 bridgehead atoms. The zero-order chi connectivity index (χ0) is 6.28. The first-order chi connectivity index (χ1) is 3.15. The molecule has 0 aromatic rings. The first-order valence-electron chi connectivity index (χ1n) is 1.15. The van der Waals surface area contributed by atoms with Crippen molar-refractivity contribution in [3.05, 3.63) is 0 Å². The molecule has 0 fully saturated rings. The quantitative estimate of drug-likeness (QED) is 0.444. The van der Waals surface area contributed by atoms with Gasteiger partial charge in [-0.1, -0.05) is 34.8 Å². The standard InChI is InChI=1S/CHCl3.CH2N2.ClH/c2-1(3)4;2-1-3;/h1H;2-3H;1H. The number of alkyl halides is 3. The van der Waals surface area contributed by atoms with E-state index in [0.717, 1.165) is 0 Å². The lowest BCUT2D eigenvalue weighted by molar-refractivity contribution is 1.47. The van der Waals surface area contributed by atoms with Gasteiger partial charge in [0.25, 0.3) is 0 Å². The van der Waals surface area contributed by atoms with Crippen molar-refractivity contribution in [2.75, 3.05) is 0 Å². The van der Waals surface area contributed by atoms with E-state index in [-0.39, 0.29) is 12.4 Å². The summed E-state index contributed by atoms with van der Waals surface area (Å²) in [5.74, 6) is 0. The zero-order valence-corrected chi connectivity index (χ0v) is 6.70. The SMILES string of the molecule is Cl.ClC(Cl)Cl.N=C=N. The van der Waals surface area contributed by atoms with Crippen LogP contribution in [-0.2, 0) is 0 Å². The molecule has 0 saturated heterocycles. The highest BCUT2D eigenvalue weighted by atomic mass is 35.6. The van der Waals surface area contributed by atoms with Crippen molar-refractivity contribution in [1.29, 1.82) is 10.8 Å². The molecule has 0 amide bonds. The average Bonchev–Trinajstić information content (AvgIpc) is 1.33. The highest BCUT2D eigenvalue weighted by Gasteiger charge is 1.78. The van der Waals surface area contributed by atoms with Crippen LogP contribution in [0.15, 0.2) is 0 Å². The van der Waals surface area contributed by atoms with Crippen LogP contribution in [0.25, 0.3) is 0 Å². The maximum absolute atomic E-state index is 5.62. The Kier molecular flexibility index (Phi) is 30.9. The zero-order valence-electron chi connectivity index (χ0n) is 3.62. The molecule has 0 unspecified atom stereocenters. The van der Waals surface area contributed by atoms with Gasteiger partial charge in [-0.25, -0.2) is 10.8 Å². The van der Waals surface area contributed by atoms with Crippen LogP contribution in [0.4, 0.5) is 0 Å². The first kappa shape index (κ1) is 15.8. The van der Waals surface area contributed by atoms with Crippen LogP contribution in [0.3, 0.4) is 0 Å². The molecule has 2 N–H and O–H groups in total. The maximum Gasteiger partial charge on any atom is 0.180 e. The number of nitrogens with one attached hydrogen (secondary N) is 2. The largest absolute Gasteiger partial charge is 0.242 e. The van der Waals surface area contributed by atoms with Gasteiger partial charge in [0.2, 0.25) is 0 Å². The molecule has 8 heavy (non-hydrogen) atoms. The molecule has 0 aliphatic heterocycles. The molecule has 0 radical (unpaired) electrons. The monoisotopic (exact) mass is 196 g/mol. The summed E-state index contributed by atoms with van der Waals surface area (Å²) in [4.78, 5) is 0. The third-order valence-corrected chi connectivity index (χ3v) is 0. The van der Waals surface area contributed by atoms with Crippen LogP contribution in [0, 0.1) is 10.8 Å². The fourth-order valence-electron chi connectivity index (χ4n) is 0. The minimum Gasteiger partial charge on any atom is -0.242 e. The Morgan fingerprint density at radius 2 is 1.12 bits per heavy atom. The molecule has 0 aromatic carbocycles. The predicted molar refractivity (Wildman–Crippen MR) is 39.0 cm³/mol. The van der Waals surface area contributed by atoms with Gasteiger partial charge in [-0.2, -0.15) is 0 Å². The smallest absolute Gasteiger partial charge is 0.180 e. The summed E-state index contributed by atoms with van der Waals surface area (Å²) >= 11 is 14.4. The van der Waals surface area contributed by atoms with Gasteiger partial charge in [0, 0.05) is 0 Å². The molecule has 0 aliphatic carbocycles. The van der Waals surface area contributed by atoms with Gasteiger partial charge < -0.3 is 0 Å². The third kappa shape index (κ3) is 688. The van der Waals surface area contributed by atoms with Crippen LogP contribution >= 0.6 is 47.2 Å². The van der Waals surface area contributed by atoms with Crippen molar-refractivity contribution < 1.29 is 0 Å². The van der Waals surface area contributed by atoms with Gasteiger partial charge >= 0.3 is 0 Å². The predicted octanol–water partition coefficient (Wildman–Crippen LogP) is 2.73. The summed E-state index contributed by atoms with van der Waals surface area (Å²) in [7, 11) is 0. The van der Waals surface area contributed by atoms with Gasteiger partial charge in [-0.05, 0) is 0 Å². The summed E-state index contributed by atoms with van der Waals surface area (Å²) in [5, 5.41) is 11.2. The molecule has 50 valence electrons. The van der Waals surface area contributed by atoms with Gasteiger partial charge in [-0.15, -0.1) is 12.4 Å². The minimum absolute atomic E-state index is 0.